The first-order valence-corrected chi connectivity index (χ1v) is 16.8. The van der Waals surface area contributed by atoms with Gasteiger partial charge in [-0.1, -0.05) is 0 Å². The summed E-state index contributed by atoms with van der Waals surface area (Å²) < 4.78 is 59.2. The highest BCUT2D eigenvalue weighted by Gasteiger charge is 2.19. The van der Waals surface area contributed by atoms with Crippen LogP contribution in [0.25, 0.3) is 0 Å². The van der Waals surface area contributed by atoms with E-state index in [1.54, 1.807) is 20.8 Å². The summed E-state index contributed by atoms with van der Waals surface area (Å²) in [5.41, 5.74) is -1.06. The smallest absolute Gasteiger partial charge is 0.332 e. The molecule has 1 rings (SSSR count). The molecule has 51 heavy (non-hydrogen) atoms. The maximum atomic E-state index is 11.5. The molecule has 0 unspecified atom stereocenters. The average Bonchev–Trinajstić information content (AvgIpc) is 3.07. The predicted molar refractivity (Wildman–Crippen MR) is 182 cm³/mol. The number of hydrogen-bond donors (Lipinski definition) is 1. The van der Waals surface area contributed by atoms with E-state index in [-0.39, 0.29) is 36.8 Å². The summed E-state index contributed by atoms with van der Waals surface area (Å²) in [6.07, 6.45) is 0. The van der Waals surface area contributed by atoms with Crippen molar-refractivity contribution < 1.29 is 66.7 Å². The number of nitrogens with zero attached hydrogens (tertiary/aromatic N) is 2. The van der Waals surface area contributed by atoms with Crippen molar-refractivity contribution in [1.29, 1.82) is 0 Å². The van der Waals surface area contributed by atoms with Gasteiger partial charge in [-0.25, -0.2) is 4.79 Å². The Labute approximate surface area is 298 Å². The molecule has 19 heteroatoms. The Bertz CT molecular complexity index is 1060. The van der Waals surface area contributed by atoms with Gasteiger partial charge in [0.25, 0.3) is 11.4 Å². The molecule has 0 amide bonds. The highest BCUT2D eigenvalue weighted by atomic mass is 16.6. The Kier molecular flexibility index (Phi) is 27.5. The first kappa shape index (κ1) is 45.9. The molecule has 1 N–H and O–H groups in total. The van der Waals surface area contributed by atoms with Gasteiger partial charge in [0.1, 0.15) is 17.9 Å². The second-order valence-electron chi connectivity index (χ2n) is 11.3. The molecule has 0 aliphatic heterocycles. The molecule has 0 bridgehead atoms. The van der Waals surface area contributed by atoms with E-state index in [0.29, 0.717) is 119 Å². The molecule has 0 aliphatic carbocycles. The molecule has 0 aromatic heterocycles. The van der Waals surface area contributed by atoms with Crippen LogP contribution >= 0.6 is 0 Å². The summed E-state index contributed by atoms with van der Waals surface area (Å²) in [4.78, 5) is 32.1. The number of rotatable bonds is 35. The van der Waals surface area contributed by atoms with E-state index >= 15 is 0 Å². The molecule has 0 atom stereocenters. The van der Waals surface area contributed by atoms with E-state index in [2.05, 4.69) is 5.32 Å². The number of nitro benzene ring substituents is 2. The lowest BCUT2D eigenvalue weighted by Crippen LogP contribution is -2.27. The summed E-state index contributed by atoms with van der Waals surface area (Å²) in [6.45, 7) is 13.4. The van der Waals surface area contributed by atoms with Crippen LogP contribution in [0.2, 0.25) is 0 Å². The van der Waals surface area contributed by atoms with Crippen molar-refractivity contribution in [3.63, 3.8) is 0 Å². The van der Waals surface area contributed by atoms with E-state index in [9.17, 15) is 25.0 Å². The third-order valence-corrected chi connectivity index (χ3v) is 5.94. The third-order valence-electron chi connectivity index (χ3n) is 5.94. The van der Waals surface area contributed by atoms with Crippen LogP contribution in [-0.4, -0.2) is 160 Å². The van der Waals surface area contributed by atoms with Gasteiger partial charge in [-0.05, 0) is 26.8 Å². The van der Waals surface area contributed by atoms with Crippen LogP contribution in [0.5, 0.6) is 0 Å². The number of benzene rings is 1. The molecule has 0 spiro atoms. The van der Waals surface area contributed by atoms with Crippen LogP contribution in [0, 0.1) is 20.2 Å². The van der Waals surface area contributed by atoms with Gasteiger partial charge in [-0.2, -0.15) is 0 Å². The number of carbonyl (C=O) groups is 1. The Balaban J connectivity index is 1.73. The van der Waals surface area contributed by atoms with Gasteiger partial charge in [0.05, 0.1) is 141 Å². The Morgan fingerprint density at radius 1 is 0.569 bits per heavy atom. The van der Waals surface area contributed by atoms with Crippen molar-refractivity contribution in [2.75, 3.05) is 144 Å². The number of anilines is 1. The number of nitrogens with one attached hydrogen (secondary N) is 1. The standard InChI is InChI=1S/C32H55N3O16/c1-32(2,3)51-31(36)27-50-25-24-49-23-22-48-21-20-47-19-18-46-17-16-45-15-14-44-13-12-43-11-10-42-9-8-41-7-6-33-29-5-4-28(34(37)38)26-30(29)35(39)40/h4-5,26,33H,6-25,27H2,1-3H3. The van der Waals surface area contributed by atoms with E-state index in [1.807, 2.05) is 0 Å². The first-order chi connectivity index (χ1) is 24.6. The monoisotopic (exact) mass is 737 g/mol. The molecule has 0 fully saturated rings. The summed E-state index contributed by atoms with van der Waals surface area (Å²) in [5.74, 6) is -0.400. The van der Waals surface area contributed by atoms with Crippen molar-refractivity contribution in [3.05, 3.63) is 38.4 Å². The van der Waals surface area contributed by atoms with Crippen molar-refractivity contribution >= 4 is 23.0 Å². The topological polar surface area (TPSA) is 217 Å². The molecule has 1 aromatic rings. The first-order valence-electron chi connectivity index (χ1n) is 16.8. The zero-order valence-corrected chi connectivity index (χ0v) is 30.0. The van der Waals surface area contributed by atoms with Crippen LogP contribution in [0.4, 0.5) is 17.1 Å². The third kappa shape index (κ3) is 28.2. The van der Waals surface area contributed by atoms with E-state index in [0.717, 1.165) is 6.07 Å². The largest absolute Gasteiger partial charge is 0.458 e. The van der Waals surface area contributed by atoms with Crippen molar-refractivity contribution in [2.45, 2.75) is 26.4 Å². The zero-order valence-electron chi connectivity index (χ0n) is 30.0. The van der Waals surface area contributed by atoms with Crippen molar-refractivity contribution in [1.82, 2.24) is 0 Å². The molecule has 0 radical (unpaired) electrons. The summed E-state index contributed by atoms with van der Waals surface area (Å²) in [7, 11) is 0. The summed E-state index contributed by atoms with van der Waals surface area (Å²) >= 11 is 0. The lowest BCUT2D eigenvalue weighted by molar-refractivity contribution is -0.393. The van der Waals surface area contributed by atoms with Crippen LogP contribution in [0.3, 0.4) is 0 Å². The number of carbonyl (C=O) groups excluding carboxylic acids is 1. The maximum Gasteiger partial charge on any atom is 0.332 e. The quantitative estimate of drug-likeness (QED) is 0.0458. The molecule has 0 saturated carbocycles. The molecule has 0 heterocycles. The van der Waals surface area contributed by atoms with E-state index < -0.39 is 21.4 Å². The zero-order chi connectivity index (χ0) is 37.4. The minimum atomic E-state index is -0.684. The fourth-order valence-corrected chi connectivity index (χ4v) is 3.70. The Morgan fingerprint density at radius 2 is 0.922 bits per heavy atom. The summed E-state index contributed by atoms with van der Waals surface area (Å²) in [6, 6.07) is 3.42. The average molecular weight is 738 g/mol. The Hall–Kier alpha value is -3.11. The number of non-ortho nitro benzene ring substituents is 1. The number of esters is 1. The molecular weight excluding hydrogens is 682 g/mol. The fourth-order valence-electron chi connectivity index (χ4n) is 3.70. The van der Waals surface area contributed by atoms with Gasteiger partial charge < -0.3 is 57.4 Å². The maximum absolute atomic E-state index is 11.5. The molecule has 1 aromatic carbocycles. The number of ether oxygens (including phenoxy) is 11. The van der Waals surface area contributed by atoms with E-state index in [1.165, 1.54) is 12.1 Å². The molecular formula is C32H55N3O16. The van der Waals surface area contributed by atoms with Gasteiger partial charge >= 0.3 is 5.97 Å². The highest BCUT2D eigenvalue weighted by Crippen LogP contribution is 2.28. The lowest BCUT2D eigenvalue weighted by atomic mass is 10.2. The highest BCUT2D eigenvalue weighted by molar-refractivity contribution is 5.71. The molecule has 0 saturated heterocycles. The van der Waals surface area contributed by atoms with Crippen molar-refractivity contribution in [2.24, 2.45) is 0 Å². The number of nitro groups is 2. The van der Waals surface area contributed by atoms with Gasteiger partial charge in [0, 0.05) is 12.6 Å². The lowest BCUT2D eigenvalue weighted by Gasteiger charge is -2.19. The minimum Gasteiger partial charge on any atom is -0.458 e. The van der Waals surface area contributed by atoms with Crippen LogP contribution in [0.1, 0.15) is 20.8 Å². The number of hydrogen-bond acceptors (Lipinski definition) is 17. The van der Waals surface area contributed by atoms with Crippen LogP contribution in [-0.2, 0) is 56.9 Å². The fraction of sp³-hybridized carbons (Fsp3) is 0.781. The van der Waals surface area contributed by atoms with E-state index in [4.69, 9.17) is 52.1 Å². The Morgan fingerprint density at radius 3 is 1.25 bits per heavy atom. The van der Waals surface area contributed by atoms with Crippen LogP contribution < -0.4 is 5.32 Å². The second-order valence-corrected chi connectivity index (χ2v) is 11.3. The van der Waals surface area contributed by atoms with Gasteiger partial charge in [0.15, 0.2) is 0 Å². The molecule has 19 nitrogen and oxygen atoms in total. The van der Waals surface area contributed by atoms with Crippen molar-refractivity contribution in [3.8, 4) is 0 Å². The molecule has 294 valence electrons. The molecule has 0 aliphatic rings. The SMILES string of the molecule is CC(C)(C)OC(=O)COCCOCCOCCOCCOCCOCCOCCOCCOCCOCCNc1ccc([N+](=O)[O-])cc1[N+](=O)[O-]. The summed E-state index contributed by atoms with van der Waals surface area (Å²) in [5, 5.41) is 24.8. The minimum absolute atomic E-state index is 0.0979. The van der Waals surface area contributed by atoms with Gasteiger partial charge in [0.2, 0.25) is 0 Å². The van der Waals surface area contributed by atoms with Crippen LogP contribution in [0.15, 0.2) is 18.2 Å². The van der Waals surface area contributed by atoms with Gasteiger partial charge in [-0.3, -0.25) is 20.2 Å². The predicted octanol–water partition coefficient (Wildman–Crippen LogP) is 2.42. The second kappa shape index (κ2) is 30.5. The normalized spacial score (nSPS) is 11.5. The van der Waals surface area contributed by atoms with Gasteiger partial charge in [-0.15, -0.1) is 0 Å².